The first-order valence-corrected chi connectivity index (χ1v) is 9.12. The van der Waals surface area contributed by atoms with Crippen LogP contribution in [-0.4, -0.2) is 54.6 Å². The molecule has 1 fully saturated rings. The summed E-state index contributed by atoms with van der Waals surface area (Å²) >= 11 is 1.11. The van der Waals surface area contributed by atoms with Gasteiger partial charge in [0.25, 0.3) is 11.5 Å². The van der Waals surface area contributed by atoms with Crippen molar-refractivity contribution in [2.24, 2.45) is 0 Å². The number of Topliss-reactive ketones (excluding diaryl/α,β-unsaturated/α-hetero) is 1. The summed E-state index contributed by atoms with van der Waals surface area (Å²) in [5, 5.41) is 11.5. The van der Waals surface area contributed by atoms with Crippen LogP contribution in [0, 0.1) is 10.1 Å². The van der Waals surface area contributed by atoms with Crippen molar-refractivity contribution < 1.29 is 24.0 Å². The van der Waals surface area contributed by atoms with E-state index in [-0.39, 0.29) is 17.2 Å². The Kier molecular flexibility index (Phi) is 5.77. The van der Waals surface area contributed by atoms with Crippen molar-refractivity contribution >= 4 is 33.9 Å². The number of thiazole rings is 1. The van der Waals surface area contributed by atoms with Crippen LogP contribution in [0.1, 0.15) is 16.6 Å². The summed E-state index contributed by atoms with van der Waals surface area (Å²) in [5.41, 5.74) is 0.763. The first kappa shape index (κ1) is 18.9. The van der Waals surface area contributed by atoms with Gasteiger partial charge in [0.1, 0.15) is 4.88 Å². The molecule has 10 heteroatoms. The molecule has 1 aromatic heterocycles. The SMILES string of the molecule is CCOC(=O)C(=O)c1sc(N2CCOCC2)nc1-c1ccc([N+](=O)[O-])cc1. The normalized spacial score (nSPS) is 14.0. The number of hydrogen-bond acceptors (Lipinski definition) is 9. The van der Waals surface area contributed by atoms with Gasteiger partial charge in [-0.05, 0) is 19.1 Å². The lowest BCUT2D eigenvalue weighted by atomic mass is 10.1. The van der Waals surface area contributed by atoms with E-state index in [0.29, 0.717) is 42.7 Å². The number of rotatable bonds is 6. The monoisotopic (exact) mass is 391 g/mol. The van der Waals surface area contributed by atoms with Crippen LogP contribution in [-0.2, 0) is 14.3 Å². The fourth-order valence-corrected chi connectivity index (χ4v) is 3.65. The van der Waals surface area contributed by atoms with Crippen molar-refractivity contribution in [2.75, 3.05) is 37.8 Å². The molecular formula is C17H17N3O6S. The fraction of sp³-hybridized carbons (Fsp3) is 0.353. The lowest BCUT2D eigenvalue weighted by molar-refractivity contribution is -0.384. The Bertz CT molecular complexity index is 858. The summed E-state index contributed by atoms with van der Waals surface area (Å²) < 4.78 is 10.1. The maximum Gasteiger partial charge on any atom is 0.380 e. The molecule has 2 aromatic rings. The van der Waals surface area contributed by atoms with Crippen LogP contribution in [0.5, 0.6) is 0 Å². The van der Waals surface area contributed by atoms with Gasteiger partial charge in [-0.3, -0.25) is 14.9 Å². The van der Waals surface area contributed by atoms with Crippen molar-refractivity contribution in [1.82, 2.24) is 4.98 Å². The molecule has 0 unspecified atom stereocenters. The first-order chi connectivity index (χ1) is 13.0. The van der Waals surface area contributed by atoms with E-state index >= 15 is 0 Å². The second kappa shape index (κ2) is 8.23. The average molecular weight is 391 g/mol. The maximum absolute atomic E-state index is 12.5. The smallest absolute Gasteiger partial charge is 0.380 e. The van der Waals surface area contributed by atoms with Crippen LogP contribution in [0.4, 0.5) is 10.8 Å². The summed E-state index contributed by atoms with van der Waals surface area (Å²) in [5.74, 6) is -1.72. The van der Waals surface area contributed by atoms with E-state index in [0.717, 1.165) is 11.3 Å². The van der Waals surface area contributed by atoms with Crippen LogP contribution in [0.3, 0.4) is 0 Å². The number of benzene rings is 1. The third-order valence-corrected chi connectivity index (χ3v) is 5.03. The predicted octanol–water partition coefficient (Wildman–Crippen LogP) is 2.30. The minimum Gasteiger partial charge on any atom is -0.460 e. The molecule has 1 aromatic carbocycles. The number of aromatic nitrogens is 1. The van der Waals surface area contributed by atoms with Crippen molar-refractivity contribution in [3.05, 3.63) is 39.3 Å². The first-order valence-electron chi connectivity index (χ1n) is 8.31. The zero-order valence-corrected chi connectivity index (χ0v) is 15.4. The molecule has 0 atom stereocenters. The lowest BCUT2D eigenvalue weighted by Gasteiger charge is -2.26. The fourth-order valence-electron chi connectivity index (χ4n) is 2.58. The summed E-state index contributed by atoms with van der Waals surface area (Å²) in [6.07, 6.45) is 0. The van der Waals surface area contributed by atoms with Crippen LogP contribution in [0.25, 0.3) is 11.3 Å². The number of nitro groups is 1. The number of morpholine rings is 1. The number of anilines is 1. The number of non-ortho nitro benzene ring substituents is 1. The Hall–Kier alpha value is -2.85. The minimum atomic E-state index is -0.946. The lowest BCUT2D eigenvalue weighted by Crippen LogP contribution is -2.36. The van der Waals surface area contributed by atoms with Gasteiger partial charge in [0.15, 0.2) is 5.13 Å². The van der Waals surface area contributed by atoms with Crippen molar-refractivity contribution in [3.8, 4) is 11.3 Å². The number of ether oxygens (including phenoxy) is 2. The summed E-state index contributed by atoms with van der Waals surface area (Å²) in [4.78, 5) is 41.5. The standard InChI is InChI=1S/C17H17N3O6S/c1-2-26-16(22)14(21)15-13(11-3-5-12(6-4-11)20(23)24)18-17(27-15)19-7-9-25-10-8-19/h3-6H,2,7-10H2,1H3. The average Bonchev–Trinajstić information content (AvgIpc) is 3.13. The van der Waals surface area contributed by atoms with Crippen LogP contribution in [0.2, 0.25) is 0 Å². The molecule has 0 N–H and O–H groups in total. The number of hydrogen-bond donors (Lipinski definition) is 0. The van der Waals surface area contributed by atoms with Crippen LogP contribution < -0.4 is 4.90 Å². The quantitative estimate of drug-likeness (QED) is 0.242. The van der Waals surface area contributed by atoms with Gasteiger partial charge in [-0.2, -0.15) is 0 Å². The van der Waals surface area contributed by atoms with E-state index in [2.05, 4.69) is 4.98 Å². The molecule has 1 saturated heterocycles. The van der Waals surface area contributed by atoms with Gasteiger partial charge >= 0.3 is 5.97 Å². The summed E-state index contributed by atoms with van der Waals surface area (Å²) in [6, 6.07) is 5.69. The van der Waals surface area contributed by atoms with Gasteiger partial charge in [0.2, 0.25) is 0 Å². The minimum absolute atomic E-state index is 0.0688. The molecule has 9 nitrogen and oxygen atoms in total. The molecule has 0 bridgehead atoms. The third-order valence-electron chi connectivity index (χ3n) is 3.92. The Morgan fingerprint density at radius 3 is 2.56 bits per heavy atom. The second-order valence-electron chi connectivity index (χ2n) is 5.63. The molecule has 1 aliphatic rings. The zero-order valence-electron chi connectivity index (χ0n) is 14.5. The van der Waals surface area contributed by atoms with Crippen LogP contribution >= 0.6 is 11.3 Å². The Morgan fingerprint density at radius 2 is 1.96 bits per heavy atom. The Morgan fingerprint density at radius 1 is 1.30 bits per heavy atom. The van der Waals surface area contributed by atoms with Gasteiger partial charge < -0.3 is 14.4 Å². The highest BCUT2D eigenvalue weighted by molar-refractivity contribution is 7.18. The van der Waals surface area contributed by atoms with Crippen molar-refractivity contribution in [1.29, 1.82) is 0 Å². The Labute approximate surface area is 158 Å². The van der Waals surface area contributed by atoms with Gasteiger partial charge in [0.05, 0.1) is 30.4 Å². The number of nitro benzene ring substituents is 1. The molecule has 0 saturated carbocycles. The number of carbonyl (C=O) groups excluding carboxylic acids is 2. The molecule has 1 aliphatic heterocycles. The highest BCUT2D eigenvalue weighted by Gasteiger charge is 2.28. The summed E-state index contributed by atoms with van der Waals surface area (Å²) in [7, 11) is 0. The predicted molar refractivity (Wildman–Crippen MR) is 98.2 cm³/mol. The second-order valence-corrected chi connectivity index (χ2v) is 6.60. The molecule has 0 aliphatic carbocycles. The van der Waals surface area contributed by atoms with Crippen molar-refractivity contribution in [3.63, 3.8) is 0 Å². The summed E-state index contributed by atoms with van der Waals surface area (Å²) in [6.45, 7) is 4.06. The molecule has 0 amide bonds. The third kappa shape index (κ3) is 4.12. The van der Waals surface area contributed by atoms with Gasteiger partial charge in [0, 0.05) is 30.8 Å². The molecule has 0 spiro atoms. The molecule has 142 valence electrons. The van der Waals surface area contributed by atoms with Gasteiger partial charge in [-0.15, -0.1) is 0 Å². The van der Waals surface area contributed by atoms with Gasteiger partial charge in [-0.1, -0.05) is 11.3 Å². The topological polar surface area (TPSA) is 112 Å². The highest BCUT2D eigenvalue weighted by Crippen LogP contribution is 2.34. The van der Waals surface area contributed by atoms with E-state index in [1.165, 1.54) is 24.3 Å². The number of nitrogens with zero attached hydrogens (tertiary/aromatic N) is 3. The highest BCUT2D eigenvalue weighted by atomic mass is 32.1. The largest absolute Gasteiger partial charge is 0.460 e. The van der Waals surface area contributed by atoms with E-state index in [9.17, 15) is 19.7 Å². The van der Waals surface area contributed by atoms with E-state index in [1.54, 1.807) is 6.92 Å². The Balaban J connectivity index is 2.01. The number of esters is 1. The molecule has 27 heavy (non-hydrogen) atoms. The van der Waals surface area contributed by atoms with E-state index < -0.39 is 16.7 Å². The van der Waals surface area contributed by atoms with Crippen molar-refractivity contribution in [2.45, 2.75) is 6.92 Å². The van der Waals surface area contributed by atoms with Crippen LogP contribution in [0.15, 0.2) is 24.3 Å². The van der Waals surface area contributed by atoms with E-state index in [1.807, 2.05) is 4.90 Å². The zero-order chi connectivity index (χ0) is 19.4. The molecule has 2 heterocycles. The number of carbonyl (C=O) groups is 2. The van der Waals surface area contributed by atoms with Gasteiger partial charge in [-0.25, -0.2) is 9.78 Å². The number of ketones is 1. The maximum atomic E-state index is 12.5. The molecular weight excluding hydrogens is 374 g/mol. The molecule has 3 rings (SSSR count). The van der Waals surface area contributed by atoms with E-state index in [4.69, 9.17) is 9.47 Å². The molecule has 0 radical (unpaired) electrons.